The Kier molecular flexibility index (Phi) is 5.04. The molecule has 74 valence electrons. The van der Waals surface area contributed by atoms with E-state index in [4.69, 9.17) is 4.74 Å². The highest BCUT2D eigenvalue weighted by Gasteiger charge is 2.06. The minimum absolute atomic E-state index is 0.289. The number of nitrogens with zero attached hydrogens (tertiary/aromatic N) is 1. The first-order valence-corrected chi connectivity index (χ1v) is 4.32. The van der Waals surface area contributed by atoms with Gasteiger partial charge in [-0.15, -0.1) is 0 Å². The van der Waals surface area contributed by atoms with E-state index in [0.29, 0.717) is 11.4 Å². The third-order valence-electron chi connectivity index (χ3n) is 1.73. The van der Waals surface area contributed by atoms with E-state index >= 15 is 0 Å². The van der Waals surface area contributed by atoms with Gasteiger partial charge in [-0.1, -0.05) is 13.8 Å². The number of rotatable bonds is 1. The molecule has 0 fully saturated rings. The van der Waals surface area contributed by atoms with Gasteiger partial charge in [-0.25, -0.2) is 9.37 Å². The lowest BCUT2D eigenvalue weighted by molar-refractivity contribution is 0.391. The van der Waals surface area contributed by atoms with E-state index in [2.05, 4.69) is 4.98 Å². The summed E-state index contributed by atoms with van der Waals surface area (Å²) in [6, 6.07) is 0. The summed E-state index contributed by atoms with van der Waals surface area (Å²) in [5.74, 6) is 0.201. The van der Waals surface area contributed by atoms with Gasteiger partial charge in [0, 0.05) is 5.56 Å². The van der Waals surface area contributed by atoms with Gasteiger partial charge >= 0.3 is 0 Å². The molecule has 0 unspecified atom stereocenters. The Labute approximate surface area is 78.8 Å². The normalized spacial score (nSPS) is 8.77. The maximum absolute atomic E-state index is 12.8. The molecule has 0 saturated carbocycles. The fourth-order valence-electron chi connectivity index (χ4n) is 0.854. The zero-order valence-electron chi connectivity index (χ0n) is 8.81. The van der Waals surface area contributed by atoms with Crippen LogP contribution < -0.4 is 4.74 Å². The van der Waals surface area contributed by atoms with Gasteiger partial charge < -0.3 is 4.74 Å². The van der Waals surface area contributed by atoms with Crippen molar-refractivity contribution in [1.29, 1.82) is 0 Å². The van der Waals surface area contributed by atoms with Crippen molar-refractivity contribution in [3.8, 4) is 5.88 Å². The monoisotopic (exact) mass is 185 g/mol. The predicted octanol–water partition coefficient (Wildman–Crippen LogP) is 2.87. The topological polar surface area (TPSA) is 22.1 Å². The van der Waals surface area contributed by atoms with Crippen molar-refractivity contribution in [2.75, 3.05) is 7.11 Å². The summed E-state index contributed by atoms with van der Waals surface area (Å²) in [5.41, 5.74) is 1.35. The van der Waals surface area contributed by atoms with Crippen LogP contribution in [0.2, 0.25) is 0 Å². The average Bonchev–Trinajstić information content (AvgIpc) is 2.18. The van der Waals surface area contributed by atoms with Crippen LogP contribution in [0.15, 0.2) is 6.20 Å². The number of methoxy groups -OCH3 is 1. The van der Waals surface area contributed by atoms with Crippen LogP contribution >= 0.6 is 0 Å². The molecule has 0 aliphatic carbocycles. The maximum Gasteiger partial charge on any atom is 0.216 e. The van der Waals surface area contributed by atoms with Gasteiger partial charge in [0.05, 0.1) is 13.3 Å². The summed E-state index contributed by atoms with van der Waals surface area (Å²) in [7, 11) is 1.52. The van der Waals surface area contributed by atoms with Gasteiger partial charge in [0.2, 0.25) is 5.88 Å². The van der Waals surface area contributed by atoms with Gasteiger partial charge in [-0.3, -0.25) is 0 Å². The van der Waals surface area contributed by atoms with Crippen LogP contribution in [-0.2, 0) is 0 Å². The molecular weight excluding hydrogens is 169 g/mol. The number of halogens is 1. The molecule has 0 amide bonds. The number of pyridine rings is 1. The largest absolute Gasteiger partial charge is 0.481 e. The minimum Gasteiger partial charge on any atom is -0.481 e. The molecule has 1 rings (SSSR count). The number of aromatic nitrogens is 1. The van der Waals surface area contributed by atoms with Crippen LogP contribution in [0.1, 0.15) is 25.0 Å². The minimum atomic E-state index is -0.289. The van der Waals surface area contributed by atoms with Crippen LogP contribution in [0.4, 0.5) is 4.39 Å². The molecule has 0 N–H and O–H groups in total. The fourth-order valence-corrected chi connectivity index (χ4v) is 0.854. The third-order valence-corrected chi connectivity index (χ3v) is 1.73. The summed E-state index contributed by atoms with van der Waals surface area (Å²) in [6.45, 7) is 7.49. The summed E-state index contributed by atoms with van der Waals surface area (Å²) in [5, 5.41) is 0. The van der Waals surface area contributed by atoms with Crippen molar-refractivity contribution in [2.45, 2.75) is 27.7 Å². The molecule has 1 aromatic rings. The van der Waals surface area contributed by atoms with E-state index in [1.54, 1.807) is 13.8 Å². The van der Waals surface area contributed by atoms with Gasteiger partial charge in [0.25, 0.3) is 0 Å². The van der Waals surface area contributed by atoms with Crippen LogP contribution in [0.3, 0.4) is 0 Å². The Balaban J connectivity index is 0.000000671. The molecule has 0 bridgehead atoms. The van der Waals surface area contributed by atoms with Crippen molar-refractivity contribution < 1.29 is 9.13 Å². The van der Waals surface area contributed by atoms with Crippen LogP contribution in [-0.4, -0.2) is 12.1 Å². The highest BCUT2D eigenvalue weighted by molar-refractivity contribution is 5.32. The van der Waals surface area contributed by atoms with Crippen molar-refractivity contribution in [1.82, 2.24) is 4.98 Å². The quantitative estimate of drug-likeness (QED) is 0.671. The van der Waals surface area contributed by atoms with Gasteiger partial charge in [-0.05, 0) is 19.4 Å². The van der Waals surface area contributed by atoms with Crippen LogP contribution in [0.5, 0.6) is 5.88 Å². The zero-order valence-corrected chi connectivity index (χ0v) is 8.81. The molecule has 0 radical (unpaired) electrons. The number of ether oxygens (including phenoxy) is 1. The van der Waals surface area contributed by atoms with Crippen molar-refractivity contribution >= 4 is 0 Å². The second-order valence-corrected chi connectivity index (χ2v) is 2.37. The molecule has 1 heterocycles. The second kappa shape index (κ2) is 5.51. The van der Waals surface area contributed by atoms with Gasteiger partial charge in [-0.2, -0.15) is 0 Å². The lowest BCUT2D eigenvalue weighted by atomic mass is 10.2. The summed E-state index contributed by atoms with van der Waals surface area (Å²) in [6.07, 6.45) is 1.17. The average molecular weight is 185 g/mol. The smallest absolute Gasteiger partial charge is 0.216 e. The Morgan fingerprint density at radius 2 is 1.77 bits per heavy atom. The molecule has 0 aliphatic rings. The van der Waals surface area contributed by atoms with Crippen molar-refractivity contribution in [3.63, 3.8) is 0 Å². The van der Waals surface area contributed by atoms with E-state index in [-0.39, 0.29) is 5.82 Å². The Morgan fingerprint density at radius 1 is 1.23 bits per heavy atom. The predicted molar refractivity (Wildman–Crippen MR) is 51.6 cm³/mol. The molecule has 1 aromatic heterocycles. The lowest BCUT2D eigenvalue weighted by Gasteiger charge is -2.05. The van der Waals surface area contributed by atoms with Crippen LogP contribution in [0.25, 0.3) is 0 Å². The first-order valence-electron chi connectivity index (χ1n) is 4.32. The SMILES string of the molecule is CC.COc1ncc(F)c(C)c1C. The Hall–Kier alpha value is -1.12. The molecule has 0 spiro atoms. The molecule has 0 saturated heterocycles. The lowest BCUT2D eigenvalue weighted by Crippen LogP contribution is -1.96. The summed E-state index contributed by atoms with van der Waals surface area (Å²) >= 11 is 0. The molecule has 0 aliphatic heterocycles. The van der Waals surface area contributed by atoms with Crippen molar-refractivity contribution in [2.24, 2.45) is 0 Å². The molecule has 2 nitrogen and oxygen atoms in total. The first-order chi connectivity index (χ1) is 6.16. The summed E-state index contributed by atoms with van der Waals surface area (Å²) < 4.78 is 17.7. The van der Waals surface area contributed by atoms with E-state index in [9.17, 15) is 4.39 Å². The van der Waals surface area contributed by atoms with Gasteiger partial charge in [0.1, 0.15) is 5.82 Å². The second-order valence-electron chi connectivity index (χ2n) is 2.37. The Bertz CT molecular complexity index is 274. The van der Waals surface area contributed by atoms with E-state index < -0.39 is 0 Å². The van der Waals surface area contributed by atoms with E-state index in [1.165, 1.54) is 13.3 Å². The Morgan fingerprint density at radius 3 is 2.23 bits per heavy atom. The fraction of sp³-hybridized carbons (Fsp3) is 0.500. The number of hydrogen-bond acceptors (Lipinski definition) is 2. The molecule has 0 aromatic carbocycles. The van der Waals surface area contributed by atoms with Crippen LogP contribution in [0, 0.1) is 19.7 Å². The van der Waals surface area contributed by atoms with E-state index in [0.717, 1.165) is 5.56 Å². The highest BCUT2D eigenvalue weighted by atomic mass is 19.1. The first kappa shape index (κ1) is 11.9. The molecule has 0 atom stereocenters. The highest BCUT2D eigenvalue weighted by Crippen LogP contribution is 2.19. The number of hydrogen-bond donors (Lipinski definition) is 0. The third kappa shape index (κ3) is 2.68. The summed E-state index contributed by atoms with van der Waals surface area (Å²) in [4.78, 5) is 3.76. The maximum atomic E-state index is 12.8. The standard InChI is InChI=1S/C8H10FNO.C2H6/c1-5-6(2)8(11-3)10-4-7(5)9;1-2/h4H,1-3H3;1-2H3. The molecule has 13 heavy (non-hydrogen) atoms. The molecule has 3 heteroatoms. The molecular formula is C10H16FNO. The zero-order chi connectivity index (χ0) is 10.4. The van der Waals surface area contributed by atoms with Gasteiger partial charge in [0.15, 0.2) is 0 Å². The van der Waals surface area contributed by atoms with Crippen molar-refractivity contribution in [3.05, 3.63) is 23.1 Å². The van der Waals surface area contributed by atoms with E-state index in [1.807, 2.05) is 13.8 Å².